The van der Waals surface area contributed by atoms with Gasteiger partial charge in [-0.25, -0.2) is 9.37 Å². The van der Waals surface area contributed by atoms with Crippen LogP contribution in [0.2, 0.25) is 5.02 Å². The summed E-state index contributed by atoms with van der Waals surface area (Å²) >= 11 is 5.87. The first-order chi connectivity index (χ1) is 18.4. The third-order valence-corrected chi connectivity index (χ3v) is 8.21. The summed E-state index contributed by atoms with van der Waals surface area (Å²) in [5.74, 6) is 5.66. The van der Waals surface area contributed by atoms with Crippen molar-refractivity contribution in [2.24, 2.45) is 31.3 Å². The van der Waals surface area contributed by atoms with E-state index in [0.29, 0.717) is 29.9 Å². The number of anilines is 1. The number of aliphatic hydroxyl groups is 1. The fraction of sp³-hybridized carbons (Fsp3) is 0.448. The third kappa shape index (κ3) is 5.17. The molecule has 2 aromatic heterocycles. The summed E-state index contributed by atoms with van der Waals surface area (Å²) in [5, 5.41) is 28.1. The Morgan fingerprint density at radius 2 is 1.95 bits per heavy atom. The van der Waals surface area contributed by atoms with Gasteiger partial charge in [-0.3, -0.25) is 9.48 Å². The van der Waals surface area contributed by atoms with Crippen molar-refractivity contribution in [3.8, 4) is 17.9 Å². The number of nitriles is 1. The van der Waals surface area contributed by atoms with Crippen LogP contribution in [0.1, 0.15) is 73.0 Å². The number of imidazole rings is 1. The Labute approximate surface area is 231 Å². The largest absolute Gasteiger partial charge is 0.384 e. The van der Waals surface area contributed by atoms with Crippen LogP contribution < -0.4 is 5.32 Å². The predicted molar refractivity (Wildman–Crippen MR) is 144 cm³/mol. The van der Waals surface area contributed by atoms with Crippen LogP contribution in [0.4, 0.5) is 10.1 Å². The van der Waals surface area contributed by atoms with E-state index in [1.807, 2.05) is 6.07 Å². The van der Waals surface area contributed by atoms with Crippen molar-refractivity contribution in [3.63, 3.8) is 0 Å². The number of aryl methyl sites for hydroxylation is 2. The lowest BCUT2D eigenvalue weighted by atomic mass is 9.90. The van der Waals surface area contributed by atoms with Gasteiger partial charge in [0, 0.05) is 25.7 Å². The zero-order chi connectivity index (χ0) is 28.1. The number of aromatic nitrogens is 4. The molecule has 2 aliphatic rings. The zero-order valence-corrected chi connectivity index (χ0v) is 23.1. The molecule has 202 valence electrons. The number of carbonyl (C=O) groups excluding carboxylic acids is 1. The quantitative estimate of drug-likeness (QED) is 0.451. The van der Waals surface area contributed by atoms with Crippen LogP contribution in [0.5, 0.6) is 0 Å². The molecule has 0 bridgehead atoms. The van der Waals surface area contributed by atoms with Crippen molar-refractivity contribution in [2.45, 2.75) is 51.0 Å². The second-order valence-corrected chi connectivity index (χ2v) is 11.7. The first kappa shape index (κ1) is 26.9. The molecule has 0 spiro atoms. The molecule has 0 radical (unpaired) electrons. The van der Waals surface area contributed by atoms with Crippen LogP contribution >= 0.6 is 11.6 Å². The summed E-state index contributed by atoms with van der Waals surface area (Å²) in [5.41, 5.74) is 1.07. The Kier molecular flexibility index (Phi) is 6.78. The summed E-state index contributed by atoms with van der Waals surface area (Å²) < 4.78 is 16.9. The van der Waals surface area contributed by atoms with E-state index in [0.717, 1.165) is 24.2 Å². The van der Waals surface area contributed by atoms with Crippen LogP contribution in [0.3, 0.4) is 0 Å². The summed E-state index contributed by atoms with van der Waals surface area (Å²) in [6, 6.07) is 8.04. The van der Waals surface area contributed by atoms with E-state index in [4.69, 9.17) is 11.6 Å². The molecule has 0 saturated heterocycles. The number of halogens is 2. The monoisotopic (exact) mass is 548 g/mol. The van der Waals surface area contributed by atoms with E-state index < -0.39 is 16.8 Å². The van der Waals surface area contributed by atoms with Gasteiger partial charge in [0.2, 0.25) is 0 Å². The second-order valence-electron chi connectivity index (χ2n) is 11.3. The minimum Gasteiger partial charge on any atom is -0.384 e. The maximum absolute atomic E-state index is 13.5. The summed E-state index contributed by atoms with van der Waals surface area (Å²) in [7, 11) is 3.58. The number of carbonyl (C=O) groups is 1. The topological polar surface area (TPSA) is 109 Å². The van der Waals surface area contributed by atoms with Crippen molar-refractivity contribution in [2.75, 3.05) is 5.32 Å². The maximum atomic E-state index is 13.5. The van der Waals surface area contributed by atoms with E-state index in [1.54, 1.807) is 43.5 Å². The SMILES string of the molecule is Cn1cnc(C2CC3CC(O)(c4cc(C#CC(C)(C)C#N)nn4C)CC3C2)c1C(=O)Nc1ccc(F)c(Cl)c1. The lowest BCUT2D eigenvalue weighted by molar-refractivity contribution is 0.0263. The molecular formula is C29H30ClFN6O2. The molecule has 2 fully saturated rings. The van der Waals surface area contributed by atoms with Crippen molar-refractivity contribution >= 4 is 23.2 Å². The van der Waals surface area contributed by atoms with Gasteiger partial charge >= 0.3 is 0 Å². The zero-order valence-electron chi connectivity index (χ0n) is 22.3. The first-order valence-corrected chi connectivity index (χ1v) is 13.3. The average Bonchev–Trinajstić information content (AvgIpc) is 3.62. The number of benzene rings is 1. The third-order valence-electron chi connectivity index (χ3n) is 7.92. The Bertz CT molecular complexity index is 1540. The summed E-state index contributed by atoms with van der Waals surface area (Å²) in [6.07, 6.45) is 4.44. The van der Waals surface area contributed by atoms with Crippen LogP contribution in [-0.4, -0.2) is 30.3 Å². The molecule has 0 aliphatic heterocycles. The number of hydrogen-bond acceptors (Lipinski definition) is 5. The molecular weight excluding hydrogens is 519 g/mol. The van der Waals surface area contributed by atoms with E-state index in [2.05, 4.69) is 33.3 Å². The van der Waals surface area contributed by atoms with Crippen LogP contribution in [-0.2, 0) is 19.7 Å². The molecule has 2 aliphatic carbocycles. The highest BCUT2D eigenvalue weighted by molar-refractivity contribution is 6.31. The fourth-order valence-electron chi connectivity index (χ4n) is 6.10. The van der Waals surface area contributed by atoms with Gasteiger partial charge in [-0.1, -0.05) is 17.5 Å². The van der Waals surface area contributed by atoms with Crippen LogP contribution in [0.25, 0.3) is 0 Å². The predicted octanol–water partition coefficient (Wildman–Crippen LogP) is 4.89. The van der Waals surface area contributed by atoms with Gasteiger partial charge in [-0.2, -0.15) is 10.4 Å². The van der Waals surface area contributed by atoms with E-state index >= 15 is 0 Å². The van der Waals surface area contributed by atoms with Crippen molar-refractivity contribution in [3.05, 3.63) is 64.2 Å². The van der Waals surface area contributed by atoms with Crippen molar-refractivity contribution in [1.29, 1.82) is 5.26 Å². The van der Waals surface area contributed by atoms with Crippen LogP contribution in [0.15, 0.2) is 30.6 Å². The number of nitrogens with zero attached hydrogens (tertiary/aromatic N) is 5. The van der Waals surface area contributed by atoms with Gasteiger partial charge in [-0.05, 0) is 81.6 Å². The highest BCUT2D eigenvalue weighted by atomic mass is 35.5. The molecule has 2 unspecified atom stereocenters. The van der Waals surface area contributed by atoms with Gasteiger partial charge in [-0.15, -0.1) is 0 Å². The van der Waals surface area contributed by atoms with Gasteiger partial charge < -0.3 is 15.0 Å². The normalized spacial score (nSPS) is 24.1. The molecule has 2 saturated carbocycles. The number of nitrogens with one attached hydrogen (secondary N) is 1. The Balaban J connectivity index is 1.30. The first-order valence-electron chi connectivity index (χ1n) is 12.9. The maximum Gasteiger partial charge on any atom is 0.274 e. The molecule has 10 heteroatoms. The minimum absolute atomic E-state index is 0.0623. The molecule has 2 heterocycles. The minimum atomic E-state index is -1.01. The van der Waals surface area contributed by atoms with Gasteiger partial charge in [0.25, 0.3) is 5.91 Å². The summed E-state index contributed by atoms with van der Waals surface area (Å²) in [4.78, 5) is 17.8. The Hall–Kier alpha value is -3.66. The molecule has 1 amide bonds. The standard InChI is InChI=1S/C29H30ClFN6O2/c1-28(2,15-32)8-7-21-12-24(37(4)35-21)29(39)13-18-9-17(10-19(18)14-29)25-26(36(3)16-33-25)27(38)34-20-5-6-23(31)22(30)11-20/h5-6,11-12,16-19,39H,9-10,13-14H2,1-4H3,(H,34,38). The van der Waals surface area contributed by atoms with E-state index in [1.165, 1.54) is 18.2 Å². The van der Waals surface area contributed by atoms with Crippen LogP contribution in [0, 0.1) is 46.2 Å². The van der Waals surface area contributed by atoms with Gasteiger partial charge in [0.1, 0.15) is 28.2 Å². The van der Waals surface area contributed by atoms with Crippen molar-refractivity contribution in [1.82, 2.24) is 19.3 Å². The Morgan fingerprint density at radius 3 is 2.59 bits per heavy atom. The average molecular weight is 549 g/mol. The number of amides is 1. The number of hydrogen-bond donors (Lipinski definition) is 2. The smallest absolute Gasteiger partial charge is 0.274 e. The van der Waals surface area contributed by atoms with Gasteiger partial charge in [0.15, 0.2) is 0 Å². The molecule has 5 rings (SSSR count). The van der Waals surface area contributed by atoms with E-state index in [9.17, 15) is 19.6 Å². The van der Waals surface area contributed by atoms with E-state index in [-0.39, 0.29) is 28.7 Å². The lowest BCUT2D eigenvalue weighted by Gasteiger charge is -2.25. The lowest BCUT2D eigenvalue weighted by Crippen LogP contribution is -2.26. The molecule has 3 aromatic rings. The second kappa shape index (κ2) is 9.82. The fourth-order valence-corrected chi connectivity index (χ4v) is 6.28. The number of fused-ring (bicyclic) bond motifs is 1. The van der Waals surface area contributed by atoms with Gasteiger partial charge in [0.05, 0.1) is 28.8 Å². The molecule has 2 N–H and O–H groups in total. The summed E-state index contributed by atoms with van der Waals surface area (Å²) in [6.45, 7) is 3.50. The molecule has 39 heavy (non-hydrogen) atoms. The number of rotatable bonds is 4. The van der Waals surface area contributed by atoms with Crippen molar-refractivity contribution < 1.29 is 14.3 Å². The highest BCUT2D eigenvalue weighted by Crippen LogP contribution is 2.56. The molecule has 1 aromatic carbocycles. The molecule has 8 nitrogen and oxygen atoms in total. The molecule has 2 atom stereocenters. The Morgan fingerprint density at radius 1 is 1.26 bits per heavy atom. The highest BCUT2D eigenvalue weighted by Gasteiger charge is 2.51.